The summed E-state index contributed by atoms with van der Waals surface area (Å²) in [7, 11) is 0. The highest BCUT2D eigenvalue weighted by molar-refractivity contribution is 8.00. The first-order valence-corrected chi connectivity index (χ1v) is 14.5. The van der Waals surface area contributed by atoms with Gasteiger partial charge in [0.05, 0.1) is 28.5 Å². The van der Waals surface area contributed by atoms with Crippen LogP contribution >= 0.6 is 23.4 Å². The molecule has 0 spiro atoms. The summed E-state index contributed by atoms with van der Waals surface area (Å²) < 4.78 is 21.7. The van der Waals surface area contributed by atoms with Crippen LogP contribution in [0.1, 0.15) is 55.7 Å². The quantitative estimate of drug-likeness (QED) is 0.428. The number of halogens is 2. The standard InChI is InChI=1S/C29H32ClFN4O3S/c1-29(2,3)27-25-26(18-7-4-9-20(31)13-18)39-17-24(37)34(16-23(36)32-15-22-11-6-12-38-22)28(25)35(33-27)21-10-5-8-19(30)14-21/h4-5,7-10,13-14,22,26H,6,11-12,15-17H2,1-3H3,(H,32,36)/t22-,26+/m1/s1. The van der Waals surface area contributed by atoms with Crippen molar-refractivity contribution in [2.75, 3.05) is 30.3 Å². The van der Waals surface area contributed by atoms with E-state index in [2.05, 4.69) is 26.1 Å². The maximum Gasteiger partial charge on any atom is 0.240 e. The molecule has 1 fully saturated rings. The van der Waals surface area contributed by atoms with Gasteiger partial charge in [0.1, 0.15) is 18.2 Å². The number of nitrogens with zero attached hydrogens (tertiary/aromatic N) is 3. The van der Waals surface area contributed by atoms with E-state index in [0.717, 1.165) is 29.7 Å². The Kier molecular flexibility index (Phi) is 8.03. The number of rotatable bonds is 6. The van der Waals surface area contributed by atoms with E-state index in [-0.39, 0.29) is 41.3 Å². The van der Waals surface area contributed by atoms with Crippen LogP contribution in [0, 0.1) is 5.82 Å². The third kappa shape index (κ3) is 6.00. The van der Waals surface area contributed by atoms with E-state index in [1.165, 1.54) is 28.8 Å². The molecule has 0 radical (unpaired) electrons. The van der Waals surface area contributed by atoms with E-state index < -0.39 is 5.41 Å². The van der Waals surface area contributed by atoms with Gasteiger partial charge in [-0.15, -0.1) is 11.8 Å². The lowest BCUT2D eigenvalue weighted by Crippen LogP contribution is -2.44. The second-order valence-corrected chi connectivity index (χ2v) is 12.4. The van der Waals surface area contributed by atoms with Crippen LogP contribution in [-0.4, -0.2) is 53.1 Å². The molecule has 39 heavy (non-hydrogen) atoms. The number of anilines is 1. The van der Waals surface area contributed by atoms with E-state index in [0.29, 0.717) is 29.7 Å². The van der Waals surface area contributed by atoms with Gasteiger partial charge in [0, 0.05) is 29.2 Å². The van der Waals surface area contributed by atoms with E-state index >= 15 is 0 Å². The van der Waals surface area contributed by atoms with Crippen LogP contribution in [0.15, 0.2) is 48.5 Å². The fraction of sp³-hybridized carbons (Fsp3) is 0.414. The lowest BCUT2D eigenvalue weighted by Gasteiger charge is -2.25. The van der Waals surface area contributed by atoms with Gasteiger partial charge in [0.25, 0.3) is 0 Å². The van der Waals surface area contributed by atoms with Crippen LogP contribution in [0.5, 0.6) is 0 Å². The number of fused-ring (bicyclic) bond motifs is 1. The van der Waals surface area contributed by atoms with Crippen LogP contribution in [0.3, 0.4) is 0 Å². The molecule has 2 atom stereocenters. The SMILES string of the molecule is CC(C)(C)c1nn(-c2cccc(Cl)c2)c2c1[C@H](c1cccc(F)c1)SCC(=O)N2CC(=O)NC[C@H]1CCCO1. The molecule has 0 unspecified atom stereocenters. The maximum atomic E-state index is 14.4. The number of benzene rings is 2. The number of nitrogens with one attached hydrogen (secondary N) is 1. The van der Waals surface area contributed by atoms with Crippen LogP contribution in [0.25, 0.3) is 5.69 Å². The molecule has 206 valence electrons. The molecule has 3 aromatic rings. The Morgan fingerprint density at radius 1 is 1.23 bits per heavy atom. The smallest absolute Gasteiger partial charge is 0.240 e. The number of thioether (sulfide) groups is 1. The van der Waals surface area contributed by atoms with E-state index in [9.17, 15) is 14.0 Å². The minimum absolute atomic E-state index is 0.0123. The highest BCUT2D eigenvalue weighted by atomic mass is 35.5. The van der Waals surface area contributed by atoms with Gasteiger partial charge in [-0.1, -0.05) is 50.6 Å². The Balaban J connectivity index is 1.65. The van der Waals surface area contributed by atoms with Gasteiger partial charge in [-0.05, 0) is 48.7 Å². The van der Waals surface area contributed by atoms with Crippen LogP contribution in [0.4, 0.5) is 10.2 Å². The van der Waals surface area contributed by atoms with Crippen LogP contribution in [-0.2, 0) is 19.7 Å². The lowest BCUT2D eigenvalue weighted by molar-refractivity contribution is -0.123. The third-order valence-electron chi connectivity index (χ3n) is 6.86. The van der Waals surface area contributed by atoms with Gasteiger partial charge in [0.15, 0.2) is 0 Å². The Morgan fingerprint density at radius 2 is 2.03 bits per heavy atom. The second kappa shape index (κ2) is 11.3. The minimum atomic E-state index is -0.416. The second-order valence-electron chi connectivity index (χ2n) is 10.9. The van der Waals surface area contributed by atoms with Crippen molar-refractivity contribution in [3.63, 3.8) is 0 Å². The molecule has 0 aliphatic carbocycles. The summed E-state index contributed by atoms with van der Waals surface area (Å²) in [5.74, 6) is -0.242. The molecule has 5 rings (SSSR count). The summed E-state index contributed by atoms with van der Waals surface area (Å²) in [6.07, 6.45) is 1.86. The molecule has 2 aromatic carbocycles. The Bertz CT molecular complexity index is 1380. The number of carbonyl (C=O) groups excluding carboxylic acids is 2. The maximum absolute atomic E-state index is 14.4. The van der Waals surface area contributed by atoms with Crippen molar-refractivity contribution in [3.05, 3.63) is 76.2 Å². The van der Waals surface area contributed by atoms with E-state index in [4.69, 9.17) is 21.4 Å². The van der Waals surface area contributed by atoms with Gasteiger partial charge >= 0.3 is 0 Å². The summed E-state index contributed by atoms with van der Waals surface area (Å²) >= 11 is 7.77. The zero-order chi connectivity index (χ0) is 27.7. The summed E-state index contributed by atoms with van der Waals surface area (Å²) in [4.78, 5) is 28.4. The van der Waals surface area contributed by atoms with Gasteiger partial charge in [-0.25, -0.2) is 9.07 Å². The number of amides is 2. The normalized spacial score (nSPS) is 19.6. The average Bonchev–Trinajstić information content (AvgIpc) is 3.52. The fourth-order valence-electron chi connectivity index (χ4n) is 5.03. The number of hydrogen-bond acceptors (Lipinski definition) is 5. The predicted molar refractivity (Wildman–Crippen MR) is 152 cm³/mol. The van der Waals surface area contributed by atoms with Crippen molar-refractivity contribution in [2.24, 2.45) is 0 Å². The molecule has 0 bridgehead atoms. The largest absolute Gasteiger partial charge is 0.376 e. The molecule has 7 nitrogen and oxygen atoms in total. The summed E-state index contributed by atoms with van der Waals surface area (Å²) in [5, 5.41) is 8.10. The molecular weight excluding hydrogens is 539 g/mol. The first-order chi connectivity index (χ1) is 18.6. The number of ether oxygens (including phenoxy) is 1. The monoisotopic (exact) mass is 570 g/mol. The zero-order valence-corrected chi connectivity index (χ0v) is 23.8. The zero-order valence-electron chi connectivity index (χ0n) is 22.2. The molecule has 10 heteroatoms. The number of aromatic nitrogens is 2. The van der Waals surface area contributed by atoms with Crippen molar-refractivity contribution in [3.8, 4) is 5.69 Å². The van der Waals surface area contributed by atoms with E-state index in [1.807, 2.05) is 18.2 Å². The first-order valence-electron chi connectivity index (χ1n) is 13.1. The third-order valence-corrected chi connectivity index (χ3v) is 8.35. The van der Waals surface area contributed by atoms with Gasteiger partial charge in [0.2, 0.25) is 11.8 Å². The first kappa shape index (κ1) is 27.7. The van der Waals surface area contributed by atoms with E-state index in [1.54, 1.807) is 22.9 Å². The molecule has 1 saturated heterocycles. The Morgan fingerprint density at radius 3 is 2.72 bits per heavy atom. The molecule has 1 aromatic heterocycles. The summed E-state index contributed by atoms with van der Waals surface area (Å²) in [5.41, 5.74) is 2.53. The van der Waals surface area contributed by atoms with Crippen molar-refractivity contribution in [2.45, 2.75) is 50.4 Å². The molecule has 2 aliphatic rings. The summed E-state index contributed by atoms with van der Waals surface area (Å²) in [6, 6.07) is 13.7. The lowest BCUT2D eigenvalue weighted by atomic mass is 9.87. The molecular formula is C29H32ClFN4O3S. The van der Waals surface area contributed by atoms with Gasteiger partial charge in [-0.3, -0.25) is 14.5 Å². The van der Waals surface area contributed by atoms with Crippen molar-refractivity contribution in [1.82, 2.24) is 15.1 Å². The summed E-state index contributed by atoms with van der Waals surface area (Å²) in [6.45, 7) is 7.07. The van der Waals surface area contributed by atoms with Crippen LogP contribution in [0.2, 0.25) is 5.02 Å². The molecule has 1 N–H and O–H groups in total. The topological polar surface area (TPSA) is 76.5 Å². The molecule has 0 saturated carbocycles. The Labute approximate surface area is 237 Å². The predicted octanol–water partition coefficient (Wildman–Crippen LogP) is 5.43. The molecule has 2 aliphatic heterocycles. The minimum Gasteiger partial charge on any atom is -0.376 e. The van der Waals surface area contributed by atoms with Crippen molar-refractivity contribution in [1.29, 1.82) is 0 Å². The van der Waals surface area contributed by atoms with Crippen molar-refractivity contribution < 1.29 is 18.7 Å². The number of hydrogen-bond donors (Lipinski definition) is 1. The fourth-order valence-corrected chi connectivity index (χ4v) is 6.40. The van der Waals surface area contributed by atoms with Crippen molar-refractivity contribution >= 4 is 41.0 Å². The van der Waals surface area contributed by atoms with Gasteiger partial charge in [-0.2, -0.15) is 5.10 Å². The van der Waals surface area contributed by atoms with Gasteiger partial charge < -0.3 is 10.1 Å². The number of carbonyl (C=O) groups is 2. The molecule has 2 amide bonds. The highest BCUT2D eigenvalue weighted by Gasteiger charge is 2.40. The average molecular weight is 571 g/mol. The highest BCUT2D eigenvalue weighted by Crippen LogP contribution is 2.48. The Hall–Kier alpha value is -2.88. The molecule has 3 heterocycles. The van der Waals surface area contributed by atoms with Crippen LogP contribution < -0.4 is 10.2 Å².